The quantitative estimate of drug-likeness (QED) is 0.552. The number of nitrogens with zero attached hydrogens (tertiary/aromatic N) is 3. The van der Waals surface area contributed by atoms with Crippen molar-refractivity contribution >= 4 is 33.6 Å². The molecule has 1 aromatic heterocycles. The molecule has 0 aliphatic heterocycles. The van der Waals surface area contributed by atoms with Gasteiger partial charge in [0.25, 0.3) is 0 Å². The average Bonchev–Trinajstić information content (AvgIpc) is 3.00. The highest BCUT2D eigenvalue weighted by Gasteiger charge is 2.13. The Balaban J connectivity index is 1.55. The van der Waals surface area contributed by atoms with Crippen LogP contribution in [-0.4, -0.2) is 26.4 Å². The number of allylic oxidation sites excluding steroid dienone is 2. The standard InChI is InChI=1S/C17H20BrN5OS/c1-23-16(12-6-5-7-13(18)10-12)21-22-17(23)25-11-15(24)20-19-14-8-3-2-4-9-14/h5-8,10,19H,2-4,9,11H2,1H3,(H,20,24). The minimum absolute atomic E-state index is 0.0801. The first-order chi connectivity index (χ1) is 12.1. The highest BCUT2D eigenvalue weighted by molar-refractivity contribution is 9.10. The molecule has 0 saturated carbocycles. The van der Waals surface area contributed by atoms with Crippen molar-refractivity contribution in [2.45, 2.75) is 30.8 Å². The smallest absolute Gasteiger partial charge is 0.248 e. The van der Waals surface area contributed by atoms with Crippen molar-refractivity contribution in [3.05, 3.63) is 40.5 Å². The summed E-state index contributed by atoms with van der Waals surface area (Å²) in [6, 6.07) is 7.90. The molecular formula is C17H20BrN5OS. The normalized spacial score (nSPS) is 14.1. The third kappa shape index (κ3) is 4.85. The molecule has 0 atom stereocenters. The van der Waals surface area contributed by atoms with Crippen molar-refractivity contribution in [2.24, 2.45) is 7.05 Å². The summed E-state index contributed by atoms with van der Waals surface area (Å²) in [7, 11) is 1.90. The Labute approximate surface area is 159 Å². The number of amides is 1. The Morgan fingerprint density at radius 1 is 1.36 bits per heavy atom. The molecule has 25 heavy (non-hydrogen) atoms. The molecule has 0 saturated heterocycles. The molecule has 1 amide bonds. The van der Waals surface area contributed by atoms with Crippen molar-refractivity contribution in [2.75, 3.05) is 5.75 Å². The second-order valence-corrected chi connectivity index (χ2v) is 7.67. The molecule has 0 spiro atoms. The van der Waals surface area contributed by atoms with Gasteiger partial charge in [-0.1, -0.05) is 45.9 Å². The van der Waals surface area contributed by atoms with Gasteiger partial charge in [-0.05, 0) is 37.8 Å². The molecule has 1 aromatic carbocycles. The summed E-state index contributed by atoms with van der Waals surface area (Å²) in [5, 5.41) is 9.14. The Morgan fingerprint density at radius 2 is 2.24 bits per heavy atom. The number of aromatic nitrogens is 3. The van der Waals surface area contributed by atoms with E-state index in [4.69, 9.17) is 0 Å². The van der Waals surface area contributed by atoms with E-state index in [1.807, 2.05) is 35.9 Å². The number of rotatable bonds is 6. The van der Waals surface area contributed by atoms with Crippen LogP contribution in [0.25, 0.3) is 11.4 Å². The summed E-state index contributed by atoms with van der Waals surface area (Å²) in [5.41, 5.74) is 7.83. The number of hydrazine groups is 1. The molecule has 8 heteroatoms. The van der Waals surface area contributed by atoms with Crippen molar-refractivity contribution in [3.63, 3.8) is 0 Å². The van der Waals surface area contributed by atoms with Gasteiger partial charge < -0.3 is 9.99 Å². The van der Waals surface area contributed by atoms with Crippen molar-refractivity contribution in [1.29, 1.82) is 0 Å². The lowest BCUT2D eigenvalue weighted by atomic mass is 10.1. The van der Waals surface area contributed by atoms with Crippen LogP contribution in [-0.2, 0) is 11.8 Å². The molecule has 2 aromatic rings. The highest BCUT2D eigenvalue weighted by atomic mass is 79.9. The molecule has 132 valence electrons. The summed E-state index contributed by atoms with van der Waals surface area (Å²) in [6.07, 6.45) is 6.60. The number of halogens is 1. The first-order valence-corrected chi connectivity index (χ1v) is 9.93. The number of hydrogen-bond acceptors (Lipinski definition) is 5. The van der Waals surface area contributed by atoms with Gasteiger partial charge in [0.05, 0.1) is 5.75 Å². The lowest BCUT2D eigenvalue weighted by Crippen LogP contribution is -2.38. The predicted molar refractivity (Wildman–Crippen MR) is 103 cm³/mol. The summed E-state index contributed by atoms with van der Waals surface area (Å²) < 4.78 is 2.89. The number of carbonyl (C=O) groups excluding carboxylic acids is 1. The van der Waals surface area contributed by atoms with Crippen LogP contribution in [0.1, 0.15) is 25.7 Å². The maximum atomic E-state index is 12.0. The molecule has 1 heterocycles. The SMILES string of the molecule is Cn1c(SCC(=O)NNC2=CCCCC2)nnc1-c1cccc(Br)c1. The van der Waals surface area contributed by atoms with E-state index < -0.39 is 0 Å². The number of nitrogens with one attached hydrogen (secondary N) is 2. The summed E-state index contributed by atoms with van der Waals surface area (Å²) in [4.78, 5) is 12.0. The molecule has 1 aliphatic carbocycles. The van der Waals surface area contributed by atoms with Crippen LogP contribution in [0.5, 0.6) is 0 Å². The fourth-order valence-corrected chi connectivity index (χ4v) is 3.70. The van der Waals surface area contributed by atoms with E-state index in [9.17, 15) is 4.79 Å². The summed E-state index contributed by atoms with van der Waals surface area (Å²) in [6.45, 7) is 0. The van der Waals surface area contributed by atoms with Crippen LogP contribution >= 0.6 is 27.7 Å². The molecule has 0 radical (unpaired) electrons. The third-order valence-corrected chi connectivity index (χ3v) is 5.42. The van der Waals surface area contributed by atoms with Crippen molar-refractivity contribution in [1.82, 2.24) is 25.6 Å². The Bertz CT molecular complexity index is 789. The number of hydrogen-bond donors (Lipinski definition) is 2. The lowest BCUT2D eigenvalue weighted by molar-refractivity contribution is -0.119. The first-order valence-electron chi connectivity index (χ1n) is 8.15. The largest absolute Gasteiger partial charge is 0.305 e. The fourth-order valence-electron chi connectivity index (χ4n) is 2.59. The van der Waals surface area contributed by atoms with E-state index in [0.717, 1.165) is 34.4 Å². The van der Waals surface area contributed by atoms with Crippen LogP contribution in [0.2, 0.25) is 0 Å². The van der Waals surface area contributed by atoms with Gasteiger partial charge in [0, 0.05) is 22.8 Å². The number of benzene rings is 1. The monoisotopic (exact) mass is 421 g/mol. The van der Waals surface area contributed by atoms with E-state index in [0.29, 0.717) is 5.16 Å². The van der Waals surface area contributed by atoms with E-state index >= 15 is 0 Å². The van der Waals surface area contributed by atoms with Gasteiger partial charge in [0.1, 0.15) is 0 Å². The minimum Gasteiger partial charge on any atom is -0.305 e. The molecule has 6 nitrogen and oxygen atoms in total. The van der Waals surface area contributed by atoms with Crippen LogP contribution in [0.4, 0.5) is 0 Å². The zero-order valence-corrected chi connectivity index (χ0v) is 16.4. The van der Waals surface area contributed by atoms with E-state index in [2.05, 4.69) is 43.1 Å². The predicted octanol–water partition coefficient (Wildman–Crippen LogP) is 3.42. The van der Waals surface area contributed by atoms with E-state index in [-0.39, 0.29) is 11.7 Å². The van der Waals surface area contributed by atoms with E-state index in [1.165, 1.54) is 24.6 Å². The zero-order chi connectivity index (χ0) is 17.6. The van der Waals surface area contributed by atoms with Crippen molar-refractivity contribution in [3.8, 4) is 11.4 Å². The molecule has 0 fully saturated rings. The van der Waals surface area contributed by atoms with Gasteiger partial charge in [-0.3, -0.25) is 10.2 Å². The third-order valence-electron chi connectivity index (χ3n) is 3.90. The van der Waals surface area contributed by atoms with Crippen molar-refractivity contribution < 1.29 is 4.79 Å². The number of carbonyl (C=O) groups is 1. The Hall–Kier alpha value is -1.80. The maximum absolute atomic E-state index is 12.0. The van der Waals surface area contributed by atoms with Gasteiger partial charge in [-0.2, -0.15) is 0 Å². The Morgan fingerprint density at radius 3 is 3.00 bits per heavy atom. The van der Waals surface area contributed by atoms with Gasteiger partial charge in [0.15, 0.2) is 11.0 Å². The zero-order valence-electron chi connectivity index (χ0n) is 14.0. The molecular weight excluding hydrogens is 402 g/mol. The molecule has 2 N–H and O–H groups in total. The van der Waals surface area contributed by atoms with Gasteiger partial charge in [0.2, 0.25) is 5.91 Å². The molecule has 0 bridgehead atoms. The maximum Gasteiger partial charge on any atom is 0.248 e. The number of thioether (sulfide) groups is 1. The van der Waals surface area contributed by atoms with Crippen LogP contribution < -0.4 is 10.9 Å². The first kappa shape index (κ1) is 18.0. The van der Waals surface area contributed by atoms with Gasteiger partial charge in [-0.15, -0.1) is 10.2 Å². The lowest BCUT2D eigenvalue weighted by Gasteiger charge is -2.15. The second kappa shape index (κ2) is 8.53. The second-order valence-electron chi connectivity index (χ2n) is 5.81. The molecule has 0 unspecified atom stereocenters. The average molecular weight is 422 g/mol. The molecule has 3 rings (SSSR count). The summed E-state index contributed by atoms with van der Waals surface area (Å²) in [5.74, 6) is 0.975. The summed E-state index contributed by atoms with van der Waals surface area (Å²) >= 11 is 4.83. The van der Waals surface area contributed by atoms with Crippen LogP contribution in [0.15, 0.2) is 45.7 Å². The topological polar surface area (TPSA) is 71.8 Å². The van der Waals surface area contributed by atoms with Gasteiger partial charge in [-0.25, -0.2) is 0 Å². The minimum atomic E-state index is -0.0801. The Kier molecular flexibility index (Phi) is 6.14. The van der Waals surface area contributed by atoms with E-state index in [1.54, 1.807) is 0 Å². The van der Waals surface area contributed by atoms with Gasteiger partial charge >= 0.3 is 0 Å². The molecule has 1 aliphatic rings. The van der Waals surface area contributed by atoms with Crippen LogP contribution in [0, 0.1) is 0 Å². The highest BCUT2D eigenvalue weighted by Crippen LogP contribution is 2.24. The fraction of sp³-hybridized carbons (Fsp3) is 0.353. The van der Waals surface area contributed by atoms with Crippen LogP contribution in [0.3, 0.4) is 0 Å².